The van der Waals surface area contributed by atoms with E-state index in [1.807, 2.05) is 0 Å². The third-order valence-electron chi connectivity index (χ3n) is 3.08. The van der Waals surface area contributed by atoms with Crippen LogP contribution in [0.15, 0.2) is 12.1 Å². The minimum atomic E-state index is -0.644. The Labute approximate surface area is 115 Å². The van der Waals surface area contributed by atoms with Crippen LogP contribution in [0, 0.1) is 22.9 Å². The lowest BCUT2D eigenvalue weighted by Gasteiger charge is -2.09. The molecule has 0 atom stereocenters. The highest BCUT2D eigenvalue weighted by Crippen LogP contribution is 2.27. The predicted octanol–water partition coefficient (Wildman–Crippen LogP) is 2.12. The number of hydrogen-bond donors (Lipinski definition) is 2. The second kappa shape index (κ2) is 5.85. The summed E-state index contributed by atoms with van der Waals surface area (Å²) in [5.41, 5.74) is 0.226. The number of carbonyl (C=O) groups excluding carboxylic acids is 1. The molecule has 2 rings (SSSR count). The third kappa shape index (κ3) is 3.66. The van der Waals surface area contributed by atoms with Gasteiger partial charge in [0.1, 0.15) is 11.5 Å². The van der Waals surface area contributed by atoms with Crippen LogP contribution in [0.4, 0.5) is 15.8 Å². The Hall–Kier alpha value is -2.18. The largest absolute Gasteiger partial charge is 0.379 e. The molecule has 1 amide bonds. The van der Waals surface area contributed by atoms with Gasteiger partial charge < -0.3 is 10.6 Å². The van der Waals surface area contributed by atoms with Gasteiger partial charge in [-0.1, -0.05) is 0 Å². The molecule has 108 valence electrons. The van der Waals surface area contributed by atoms with Gasteiger partial charge in [0.2, 0.25) is 5.91 Å². The van der Waals surface area contributed by atoms with Crippen LogP contribution in [0.25, 0.3) is 0 Å². The summed E-state index contributed by atoms with van der Waals surface area (Å²) in [6, 6.07) is 2.57. The number of nitrogens with zero attached hydrogens (tertiary/aromatic N) is 1. The highest BCUT2D eigenvalue weighted by molar-refractivity contribution is 5.77. The number of nitrogens with one attached hydrogen (secondary N) is 2. The first kappa shape index (κ1) is 14.2. The molecule has 6 nitrogen and oxygen atoms in total. The summed E-state index contributed by atoms with van der Waals surface area (Å²) in [7, 11) is 0. The van der Waals surface area contributed by atoms with Crippen molar-refractivity contribution in [1.82, 2.24) is 5.32 Å². The van der Waals surface area contributed by atoms with E-state index in [2.05, 4.69) is 10.6 Å². The Morgan fingerprint density at radius 2 is 2.20 bits per heavy atom. The van der Waals surface area contributed by atoms with Crippen molar-refractivity contribution >= 4 is 17.3 Å². The molecule has 0 heterocycles. The molecule has 20 heavy (non-hydrogen) atoms. The van der Waals surface area contributed by atoms with E-state index >= 15 is 0 Å². The number of amides is 1. The first-order valence-electron chi connectivity index (χ1n) is 6.45. The topological polar surface area (TPSA) is 84.3 Å². The van der Waals surface area contributed by atoms with E-state index in [9.17, 15) is 19.3 Å². The summed E-state index contributed by atoms with van der Waals surface area (Å²) in [4.78, 5) is 21.7. The second-order valence-electron chi connectivity index (χ2n) is 4.89. The summed E-state index contributed by atoms with van der Waals surface area (Å²) in [5, 5.41) is 16.5. The first-order chi connectivity index (χ1) is 9.47. The lowest BCUT2D eigenvalue weighted by atomic mass is 10.1. The van der Waals surface area contributed by atoms with Gasteiger partial charge in [-0.2, -0.15) is 0 Å². The molecule has 1 fully saturated rings. The van der Waals surface area contributed by atoms with Gasteiger partial charge in [-0.05, 0) is 31.4 Å². The van der Waals surface area contributed by atoms with Crippen LogP contribution in [0.3, 0.4) is 0 Å². The second-order valence-corrected chi connectivity index (χ2v) is 4.89. The zero-order valence-electron chi connectivity index (χ0n) is 11.1. The molecule has 0 spiro atoms. The van der Waals surface area contributed by atoms with E-state index < -0.39 is 10.7 Å². The van der Waals surface area contributed by atoms with Gasteiger partial charge in [0.15, 0.2) is 0 Å². The SMILES string of the molecule is Cc1cc(NCCC(=O)NC2CC2)c([N+](=O)[O-])cc1F. The lowest BCUT2D eigenvalue weighted by molar-refractivity contribution is -0.384. The zero-order chi connectivity index (χ0) is 14.7. The minimum absolute atomic E-state index is 0.0820. The Morgan fingerprint density at radius 3 is 2.80 bits per heavy atom. The Balaban J connectivity index is 1.95. The molecule has 0 bridgehead atoms. The van der Waals surface area contributed by atoms with E-state index in [1.165, 1.54) is 13.0 Å². The number of aryl methyl sites for hydroxylation is 1. The number of nitro benzene ring substituents is 1. The van der Waals surface area contributed by atoms with Gasteiger partial charge in [-0.25, -0.2) is 4.39 Å². The number of rotatable bonds is 6. The monoisotopic (exact) mass is 281 g/mol. The maximum Gasteiger partial charge on any atom is 0.295 e. The molecule has 1 aromatic rings. The van der Waals surface area contributed by atoms with Crippen molar-refractivity contribution in [2.24, 2.45) is 0 Å². The van der Waals surface area contributed by atoms with Crippen molar-refractivity contribution in [3.05, 3.63) is 33.6 Å². The summed E-state index contributed by atoms with van der Waals surface area (Å²) >= 11 is 0. The van der Waals surface area contributed by atoms with Crippen molar-refractivity contribution in [3.63, 3.8) is 0 Å². The molecule has 0 unspecified atom stereocenters. The molecule has 1 aromatic carbocycles. The van der Waals surface area contributed by atoms with Gasteiger partial charge >= 0.3 is 0 Å². The van der Waals surface area contributed by atoms with Gasteiger partial charge in [-0.3, -0.25) is 14.9 Å². The lowest BCUT2D eigenvalue weighted by Crippen LogP contribution is -2.27. The van der Waals surface area contributed by atoms with Crippen molar-refractivity contribution in [3.8, 4) is 0 Å². The smallest absolute Gasteiger partial charge is 0.295 e. The summed E-state index contributed by atoms with van der Waals surface area (Å²) in [5.74, 6) is -0.699. The third-order valence-corrected chi connectivity index (χ3v) is 3.08. The average Bonchev–Trinajstić information content (AvgIpc) is 3.16. The van der Waals surface area contributed by atoms with Crippen molar-refractivity contribution < 1.29 is 14.1 Å². The van der Waals surface area contributed by atoms with Crippen LogP contribution in [0.2, 0.25) is 0 Å². The molecular weight excluding hydrogens is 265 g/mol. The number of benzene rings is 1. The molecule has 1 saturated carbocycles. The quantitative estimate of drug-likeness (QED) is 0.618. The first-order valence-corrected chi connectivity index (χ1v) is 6.45. The Kier molecular flexibility index (Phi) is 4.16. The maximum atomic E-state index is 13.3. The van der Waals surface area contributed by atoms with Gasteiger partial charge in [0, 0.05) is 19.0 Å². The Bertz CT molecular complexity index is 544. The molecule has 1 aliphatic rings. The van der Waals surface area contributed by atoms with Crippen molar-refractivity contribution in [1.29, 1.82) is 0 Å². The highest BCUT2D eigenvalue weighted by atomic mass is 19.1. The van der Waals surface area contributed by atoms with Gasteiger partial charge in [-0.15, -0.1) is 0 Å². The highest BCUT2D eigenvalue weighted by Gasteiger charge is 2.23. The van der Waals surface area contributed by atoms with Gasteiger partial charge in [0.05, 0.1) is 11.0 Å². The molecule has 0 aliphatic heterocycles. The molecule has 0 saturated heterocycles. The molecule has 0 aromatic heterocycles. The number of nitro groups is 1. The van der Waals surface area contributed by atoms with Gasteiger partial charge in [0.25, 0.3) is 5.69 Å². The predicted molar refractivity (Wildman–Crippen MR) is 72.1 cm³/mol. The normalized spacial score (nSPS) is 13.9. The average molecular weight is 281 g/mol. The Morgan fingerprint density at radius 1 is 1.50 bits per heavy atom. The van der Waals surface area contributed by atoms with Crippen LogP contribution in [-0.4, -0.2) is 23.4 Å². The molecule has 0 radical (unpaired) electrons. The van der Waals surface area contributed by atoms with E-state index in [-0.39, 0.29) is 30.2 Å². The van der Waals surface area contributed by atoms with E-state index in [4.69, 9.17) is 0 Å². The fourth-order valence-corrected chi connectivity index (χ4v) is 1.80. The van der Waals surface area contributed by atoms with Crippen LogP contribution in [-0.2, 0) is 4.79 Å². The summed E-state index contributed by atoms with van der Waals surface area (Å²) in [6.07, 6.45) is 2.26. The zero-order valence-corrected chi connectivity index (χ0v) is 11.1. The fourth-order valence-electron chi connectivity index (χ4n) is 1.80. The van der Waals surface area contributed by atoms with E-state index in [0.29, 0.717) is 11.6 Å². The van der Waals surface area contributed by atoms with Crippen molar-refractivity contribution in [2.75, 3.05) is 11.9 Å². The van der Waals surface area contributed by atoms with Crippen molar-refractivity contribution in [2.45, 2.75) is 32.2 Å². The summed E-state index contributed by atoms with van der Waals surface area (Å²) < 4.78 is 13.3. The number of halogens is 1. The molecule has 7 heteroatoms. The number of carbonyl (C=O) groups is 1. The summed E-state index contributed by atoms with van der Waals surface area (Å²) in [6.45, 7) is 1.80. The van der Waals surface area contributed by atoms with E-state index in [1.54, 1.807) is 0 Å². The molecular formula is C13H16FN3O3. The van der Waals surface area contributed by atoms with Crippen LogP contribution in [0.1, 0.15) is 24.8 Å². The maximum absolute atomic E-state index is 13.3. The fraction of sp³-hybridized carbons (Fsp3) is 0.462. The molecule has 2 N–H and O–H groups in total. The number of anilines is 1. The molecule has 1 aliphatic carbocycles. The van der Waals surface area contributed by atoms with Crippen LogP contribution >= 0.6 is 0 Å². The van der Waals surface area contributed by atoms with Crippen LogP contribution in [0.5, 0.6) is 0 Å². The number of hydrogen-bond acceptors (Lipinski definition) is 4. The minimum Gasteiger partial charge on any atom is -0.379 e. The van der Waals surface area contributed by atoms with Crippen LogP contribution < -0.4 is 10.6 Å². The van der Waals surface area contributed by atoms with E-state index in [0.717, 1.165) is 18.9 Å². The standard InChI is InChI=1S/C13H16FN3O3/c1-8-6-11(12(17(19)20)7-10(8)14)15-5-4-13(18)16-9-2-3-9/h6-7,9,15H,2-5H2,1H3,(H,16,18).